The Kier molecular flexibility index (Phi) is 5.70. The summed E-state index contributed by atoms with van der Waals surface area (Å²) in [5.74, 6) is -1.63. The summed E-state index contributed by atoms with van der Waals surface area (Å²) in [4.78, 5) is 22.6. The SMILES string of the molecule is C[N+](C)(C)C[C@H](CC(=O)[O-])OC(=O)Cc1ccccc1. The highest BCUT2D eigenvalue weighted by molar-refractivity contribution is 5.73. The van der Waals surface area contributed by atoms with Crippen LogP contribution in [0, 0.1) is 0 Å². The third kappa shape index (κ3) is 6.89. The highest BCUT2D eigenvalue weighted by atomic mass is 16.5. The third-order valence-electron chi connectivity index (χ3n) is 2.64. The van der Waals surface area contributed by atoms with Crippen LogP contribution in [0.3, 0.4) is 0 Å². The van der Waals surface area contributed by atoms with Gasteiger partial charge >= 0.3 is 5.97 Å². The highest BCUT2D eigenvalue weighted by Crippen LogP contribution is 2.07. The van der Waals surface area contributed by atoms with Gasteiger partial charge in [-0.2, -0.15) is 0 Å². The molecule has 0 fully saturated rings. The molecule has 0 aliphatic heterocycles. The summed E-state index contributed by atoms with van der Waals surface area (Å²) in [6.45, 7) is 0.425. The number of hydrogen-bond donors (Lipinski definition) is 0. The lowest BCUT2D eigenvalue weighted by molar-refractivity contribution is -0.873. The molecule has 1 rings (SSSR count). The van der Waals surface area contributed by atoms with Crippen LogP contribution < -0.4 is 5.11 Å². The quantitative estimate of drug-likeness (QED) is 0.520. The Hall–Kier alpha value is -1.88. The summed E-state index contributed by atoms with van der Waals surface area (Å²) < 4.78 is 5.78. The van der Waals surface area contributed by atoms with Gasteiger partial charge in [0.2, 0.25) is 0 Å². The Morgan fingerprint density at radius 3 is 2.30 bits per heavy atom. The van der Waals surface area contributed by atoms with Crippen LogP contribution >= 0.6 is 0 Å². The van der Waals surface area contributed by atoms with Crippen LogP contribution in [0.1, 0.15) is 12.0 Å². The Morgan fingerprint density at radius 1 is 1.20 bits per heavy atom. The molecule has 0 aliphatic carbocycles. The van der Waals surface area contributed by atoms with Crippen LogP contribution in [-0.4, -0.2) is 50.2 Å². The van der Waals surface area contributed by atoms with E-state index in [-0.39, 0.29) is 12.8 Å². The highest BCUT2D eigenvalue weighted by Gasteiger charge is 2.22. The van der Waals surface area contributed by atoms with E-state index in [0.29, 0.717) is 11.0 Å². The molecule has 1 aromatic rings. The van der Waals surface area contributed by atoms with E-state index >= 15 is 0 Å². The molecular weight excluding hydrogens is 258 g/mol. The first-order valence-electron chi connectivity index (χ1n) is 6.50. The van der Waals surface area contributed by atoms with Crippen LogP contribution in [0.15, 0.2) is 30.3 Å². The van der Waals surface area contributed by atoms with Crippen molar-refractivity contribution < 1.29 is 23.9 Å². The molecule has 20 heavy (non-hydrogen) atoms. The molecule has 0 aliphatic rings. The van der Waals surface area contributed by atoms with E-state index in [1.54, 1.807) is 0 Å². The fourth-order valence-electron chi connectivity index (χ4n) is 1.93. The monoisotopic (exact) mass is 279 g/mol. The van der Waals surface area contributed by atoms with Crippen molar-refractivity contribution in [2.24, 2.45) is 0 Å². The average Bonchev–Trinajstić information content (AvgIpc) is 2.26. The summed E-state index contributed by atoms with van der Waals surface area (Å²) in [6.07, 6.45) is -0.811. The predicted molar refractivity (Wildman–Crippen MR) is 72.5 cm³/mol. The molecule has 110 valence electrons. The molecule has 5 nitrogen and oxygen atoms in total. The maximum Gasteiger partial charge on any atom is 0.310 e. The number of carbonyl (C=O) groups excluding carboxylic acids is 2. The number of nitrogens with zero attached hydrogens (tertiary/aromatic N) is 1. The second-order valence-electron chi connectivity index (χ2n) is 5.82. The minimum absolute atomic E-state index is 0.140. The van der Waals surface area contributed by atoms with E-state index in [1.165, 1.54) is 0 Å². The molecule has 0 spiro atoms. The molecule has 0 bridgehead atoms. The standard InChI is InChI=1S/C15H21NO4/c1-16(2,3)11-13(10-14(17)18)20-15(19)9-12-7-5-4-6-8-12/h4-8,13H,9-11H2,1-3H3/t13-/m0/s1. The van der Waals surface area contributed by atoms with Gasteiger partial charge < -0.3 is 19.1 Å². The van der Waals surface area contributed by atoms with Crippen molar-refractivity contribution in [3.63, 3.8) is 0 Å². The van der Waals surface area contributed by atoms with Crippen molar-refractivity contribution in [1.82, 2.24) is 0 Å². The molecular formula is C15H21NO4. The number of quaternary nitrogens is 1. The Bertz CT molecular complexity index is 451. The number of carboxylic acid groups (broad SMARTS) is 1. The molecule has 0 heterocycles. The Labute approximate surface area is 119 Å². The topological polar surface area (TPSA) is 66.4 Å². The smallest absolute Gasteiger partial charge is 0.310 e. The third-order valence-corrected chi connectivity index (χ3v) is 2.64. The summed E-state index contributed by atoms with van der Waals surface area (Å²) in [7, 11) is 5.73. The summed E-state index contributed by atoms with van der Waals surface area (Å²) in [6, 6.07) is 9.20. The zero-order valence-electron chi connectivity index (χ0n) is 12.2. The fraction of sp³-hybridized carbons (Fsp3) is 0.467. The normalized spacial score (nSPS) is 12.8. The van der Waals surface area contributed by atoms with E-state index in [1.807, 2.05) is 51.5 Å². The van der Waals surface area contributed by atoms with Gasteiger partial charge in [-0.3, -0.25) is 4.79 Å². The average molecular weight is 279 g/mol. The van der Waals surface area contributed by atoms with Crippen molar-refractivity contribution in [2.75, 3.05) is 27.7 Å². The number of hydrogen-bond acceptors (Lipinski definition) is 4. The van der Waals surface area contributed by atoms with Crippen molar-refractivity contribution in [3.05, 3.63) is 35.9 Å². The van der Waals surface area contributed by atoms with Gasteiger partial charge in [-0.1, -0.05) is 30.3 Å². The van der Waals surface area contributed by atoms with Gasteiger partial charge in [0, 0.05) is 12.4 Å². The number of benzene rings is 1. The van der Waals surface area contributed by atoms with Crippen molar-refractivity contribution in [3.8, 4) is 0 Å². The van der Waals surface area contributed by atoms with Crippen molar-refractivity contribution in [1.29, 1.82) is 0 Å². The number of carbonyl (C=O) groups is 2. The van der Waals surface area contributed by atoms with Crippen LogP contribution in [0.5, 0.6) is 0 Å². The maximum absolute atomic E-state index is 11.8. The minimum atomic E-state index is -1.21. The first kappa shape index (κ1) is 16.2. The number of likely N-dealkylation sites (N-methyl/N-ethyl adjacent to an activating group) is 1. The number of rotatable bonds is 7. The Balaban J connectivity index is 2.59. The first-order chi connectivity index (χ1) is 9.26. The van der Waals surface area contributed by atoms with Gasteiger partial charge in [0.15, 0.2) is 6.10 Å². The lowest BCUT2D eigenvalue weighted by Crippen LogP contribution is -2.45. The molecule has 0 saturated carbocycles. The van der Waals surface area contributed by atoms with Gasteiger partial charge in [0.05, 0.1) is 27.6 Å². The number of ether oxygens (including phenoxy) is 1. The zero-order valence-corrected chi connectivity index (χ0v) is 12.2. The number of carboxylic acids is 1. The van der Waals surface area contributed by atoms with Gasteiger partial charge in [-0.05, 0) is 5.56 Å². The Morgan fingerprint density at radius 2 is 1.80 bits per heavy atom. The van der Waals surface area contributed by atoms with Gasteiger partial charge in [-0.25, -0.2) is 0 Å². The van der Waals surface area contributed by atoms with E-state index in [4.69, 9.17) is 4.74 Å². The molecule has 1 atom stereocenters. The molecule has 0 unspecified atom stereocenters. The lowest BCUT2D eigenvalue weighted by atomic mass is 10.1. The van der Waals surface area contributed by atoms with Gasteiger partial charge in [0.1, 0.15) is 6.54 Å². The van der Waals surface area contributed by atoms with E-state index in [9.17, 15) is 14.7 Å². The molecule has 0 aromatic heterocycles. The lowest BCUT2D eigenvalue weighted by Gasteiger charge is -2.29. The molecule has 5 heteroatoms. The van der Waals surface area contributed by atoms with E-state index in [2.05, 4.69) is 0 Å². The minimum Gasteiger partial charge on any atom is -0.550 e. The fourth-order valence-corrected chi connectivity index (χ4v) is 1.93. The largest absolute Gasteiger partial charge is 0.550 e. The van der Waals surface area contributed by atoms with Crippen molar-refractivity contribution in [2.45, 2.75) is 18.9 Å². The summed E-state index contributed by atoms with van der Waals surface area (Å²) in [5.41, 5.74) is 0.843. The molecule has 1 aromatic carbocycles. The summed E-state index contributed by atoms with van der Waals surface area (Å²) >= 11 is 0. The first-order valence-corrected chi connectivity index (χ1v) is 6.50. The van der Waals surface area contributed by atoms with Crippen molar-refractivity contribution >= 4 is 11.9 Å². The molecule has 0 amide bonds. The number of aliphatic carboxylic acids is 1. The van der Waals surface area contributed by atoms with Crippen LogP contribution in [0.2, 0.25) is 0 Å². The zero-order chi connectivity index (χ0) is 15.2. The molecule has 0 saturated heterocycles. The van der Waals surface area contributed by atoms with Gasteiger partial charge in [-0.15, -0.1) is 0 Å². The molecule has 0 radical (unpaired) electrons. The predicted octanol–water partition coefficient (Wildman–Crippen LogP) is -0.0129. The van der Waals surface area contributed by atoms with E-state index < -0.39 is 18.0 Å². The second-order valence-corrected chi connectivity index (χ2v) is 5.82. The van der Waals surface area contributed by atoms with Gasteiger partial charge in [0.25, 0.3) is 0 Å². The summed E-state index contributed by atoms with van der Waals surface area (Å²) in [5, 5.41) is 10.7. The second kappa shape index (κ2) is 7.05. The van der Waals surface area contributed by atoms with E-state index in [0.717, 1.165) is 5.56 Å². The van der Waals surface area contributed by atoms with Crippen LogP contribution in [-0.2, 0) is 20.7 Å². The van der Waals surface area contributed by atoms with Crippen LogP contribution in [0.4, 0.5) is 0 Å². The number of esters is 1. The molecule has 0 N–H and O–H groups in total. The maximum atomic E-state index is 11.8. The van der Waals surface area contributed by atoms with Crippen LogP contribution in [0.25, 0.3) is 0 Å².